The van der Waals surface area contributed by atoms with Gasteiger partial charge in [0.25, 0.3) is 5.69 Å². The summed E-state index contributed by atoms with van der Waals surface area (Å²) in [5.74, 6) is 0.670. The van der Waals surface area contributed by atoms with E-state index in [1.54, 1.807) is 0 Å². The van der Waals surface area contributed by atoms with Crippen LogP contribution in [-0.4, -0.2) is 53.2 Å². The molecule has 0 amide bonds. The van der Waals surface area contributed by atoms with E-state index in [1.165, 1.54) is 31.5 Å². The molecule has 2 aromatic heterocycles. The number of aromatic nitrogens is 3. The third kappa shape index (κ3) is 4.20. The Morgan fingerprint density at radius 1 is 1.21 bits per heavy atom. The van der Waals surface area contributed by atoms with Gasteiger partial charge in [-0.25, -0.2) is 9.97 Å². The lowest BCUT2D eigenvalue weighted by Gasteiger charge is -2.29. The van der Waals surface area contributed by atoms with Gasteiger partial charge in [0.05, 0.1) is 34.6 Å². The number of aromatic amines is 1. The molecule has 1 aliphatic heterocycles. The summed E-state index contributed by atoms with van der Waals surface area (Å²) in [6.45, 7) is 3.87. The number of hydrogen-bond acceptors (Lipinski definition) is 8. The summed E-state index contributed by atoms with van der Waals surface area (Å²) >= 11 is 6.47. The number of non-ortho nitro benzene ring substituents is 1. The van der Waals surface area contributed by atoms with Crippen LogP contribution < -0.4 is 20.3 Å². The number of nitro benzene ring substituents is 1. The summed E-state index contributed by atoms with van der Waals surface area (Å²) in [5, 5.41) is 18.9. The van der Waals surface area contributed by atoms with Gasteiger partial charge in [-0.1, -0.05) is 17.7 Å². The molecule has 3 N–H and O–H groups in total. The zero-order valence-corrected chi connectivity index (χ0v) is 19.1. The Morgan fingerprint density at radius 3 is 2.79 bits per heavy atom. The third-order valence-electron chi connectivity index (χ3n) is 5.79. The summed E-state index contributed by atoms with van der Waals surface area (Å²) in [4.78, 5) is 25.2. The lowest BCUT2D eigenvalue weighted by Crippen LogP contribution is -2.43. The van der Waals surface area contributed by atoms with Crippen LogP contribution in [0.1, 0.15) is 0 Å². The van der Waals surface area contributed by atoms with E-state index in [4.69, 9.17) is 16.3 Å². The van der Waals surface area contributed by atoms with Crippen molar-refractivity contribution in [2.24, 2.45) is 0 Å². The van der Waals surface area contributed by atoms with Gasteiger partial charge in [-0.05, 0) is 18.2 Å². The lowest BCUT2D eigenvalue weighted by molar-refractivity contribution is -0.384. The first kappa shape index (κ1) is 21.9. The van der Waals surface area contributed by atoms with Crippen molar-refractivity contribution in [2.75, 3.05) is 43.5 Å². The number of piperazine rings is 1. The average molecular weight is 480 g/mol. The number of benzene rings is 2. The number of nitrogens with one attached hydrogen (secondary N) is 3. The standard InChI is InChI=1S/C23H22ClN7O3/c1-34-21-5-3-15(31(32)33)11-20(21)28-23-27-13-18(24)22(29-23)17-12-26-19-10-14(2-4-16(17)19)30-8-6-25-7-9-30/h2-5,10-13,25-26H,6-9H2,1H3,(H,27,28,29). The molecule has 0 unspecified atom stereocenters. The normalized spacial score (nSPS) is 13.8. The molecule has 0 bridgehead atoms. The van der Waals surface area contributed by atoms with E-state index in [0.29, 0.717) is 22.2 Å². The summed E-state index contributed by atoms with van der Waals surface area (Å²) < 4.78 is 5.32. The van der Waals surface area contributed by atoms with Gasteiger partial charge in [0.15, 0.2) is 0 Å². The number of methoxy groups -OCH3 is 1. The Kier molecular flexibility index (Phi) is 5.91. The van der Waals surface area contributed by atoms with E-state index < -0.39 is 4.92 Å². The summed E-state index contributed by atoms with van der Waals surface area (Å²) in [6.07, 6.45) is 3.38. The number of anilines is 3. The number of fused-ring (bicyclic) bond motifs is 1. The van der Waals surface area contributed by atoms with Gasteiger partial charge in [0.1, 0.15) is 5.75 Å². The van der Waals surface area contributed by atoms with Crippen molar-refractivity contribution in [1.29, 1.82) is 0 Å². The number of nitro groups is 1. The number of ether oxygens (including phenoxy) is 1. The zero-order chi connectivity index (χ0) is 23.7. The number of rotatable bonds is 6. The Bertz CT molecular complexity index is 1370. The van der Waals surface area contributed by atoms with E-state index >= 15 is 0 Å². The molecule has 0 saturated carbocycles. The maximum atomic E-state index is 11.2. The van der Waals surface area contributed by atoms with Gasteiger partial charge < -0.3 is 25.3 Å². The van der Waals surface area contributed by atoms with E-state index in [2.05, 4.69) is 48.7 Å². The average Bonchev–Trinajstić information content (AvgIpc) is 3.28. The number of hydrogen-bond donors (Lipinski definition) is 3. The predicted molar refractivity (Wildman–Crippen MR) is 132 cm³/mol. The van der Waals surface area contributed by atoms with Crippen molar-refractivity contribution >= 4 is 45.5 Å². The molecule has 11 heteroatoms. The summed E-state index contributed by atoms with van der Waals surface area (Å²) in [5.41, 5.74) is 3.83. The molecule has 1 fully saturated rings. The highest BCUT2D eigenvalue weighted by Gasteiger charge is 2.17. The van der Waals surface area contributed by atoms with Crippen LogP contribution in [0.3, 0.4) is 0 Å². The van der Waals surface area contributed by atoms with Crippen molar-refractivity contribution in [3.63, 3.8) is 0 Å². The Morgan fingerprint density at radius 2 is 2.03 bits per heavy atom. The second kappa shape index (κ2) is 9.16. The van der Waals surface area contributed by atoms with E-state index in [0.717, 1.165) is 48.3 Å². The SMILES string of the molecule is COc1ccc([N+](=O)[O-])cc1Nc1ncc(Cl)c(-c2c[nH]c3cc(N4CCNCC4)ccc23)n1. The molecule has 1 aliphatic rings. The molecule has 10 nitrogen and oxygen atoms in total. The van der Waals surface area contributed by atoms with Crippen molar-refractivity contribution in [3.05, 3.63) is 63.9 Å². The van der Waals surface area contributed by atoms with Gasteiger partial charge in [0, 0.05) is 66.7 Å². The van der Waals surface area contributed by atoms with Crippen LogP contribution in [-0.2, 0) is 0 Å². The third-order valence-corrected chi connectivity index (χ3v) is 6.06. The largest absolute Gasteiger partial charge is 0.495 e. The molecular formula is C23H22ClN7O3. The molecule has 0 radical (unpaired) electrons. The number of nitrogens with zero attached hydrogens (tertiary/aromatic N) is 4. The Hall–Kier alpha value is -3.89. The second-order valence-corrected chi connectivity index (χ2v) is 8.23. The van der Waals surface area contributed by atoms with Crippen LogP contribution in [0.5, 0.6) is 5.75 Å². The first-order chi connectivity index (χ1) is 16.5. The topological polar surface area (TPSA) is 121 Å². The van der Waals surface area contributed by atoms with Crippen LogP contribution >= 0.6 is 11.6 Å². The van der Waals surface area contributed by atoms with Gasteiger partial charge in [-0.3, -0.25) is 10.1 Å². The van der Waals surface area contributed by atoms with Gasteiger partial charge in [0.2, 0.25) is 5.95 Å². The fourth-order valence-electron chi connectivity index (χ4n) is 4.07. The number of halogens is 1. The smallest absolute Gasteiger partial charge is 0.271 e. The summed E-state index contributed by atoms with van der Waals surface area (Å²) in [6, 6.07) is 10.6. The zero-order valence-electron chi connectivity index (χ0n) is 18.3. The Labute approximate surface area is 200 Å². The van der Waals surface area contributed by atoms with Crippen molar-refractivity contribution in [2.45, 2.75) is 0 Å². The predicted octanol–water partition coefficient (Wildman–Crippen LogP) is 4.35. The molecule has 4 aromatic rings. The van der Waals surface area contributed by atoms with Gasteiger partial charge in [-0.2, -0.15) is 0 Å². The minimum Gasteiger partial charge on any atom is -0.495 e. The monoisotopic (exact) mass is 479 g/mol. The highest BCUT2D eigenvalue weighted by atomic mass is 35.5. The number of H-pyrrole nitrogens is 1. The molecule has 2 aromatic carbocycles. The molecule has 34 heavy (non-hydrogen) atoms. The van der Waals surface area contributed by atoms with Gasteiger partial charge in [-0.15, -0.1) is 0 Å². The van der Waals surface area contributed by atoms with E-state index in [9.17, 15) is 10.1 Å². The highest BCUT2D eigenvalue weighted by molar-refractivity contribution is 6.33. The van der Waals surface area contributed by atoms with E-state index in [-0.39, 0.29) is 11.6 Å². The second-order valence-electron chi connectivity index (χ2n) is 7.83. The minimum atomic E-state index is -0.473. The van der Waals surface area contributed by atoms with Crippen LogP contribution in [0, 0.1) is 10.1 Å². The molecule has 0 atom stereocenters. The molecule has 0 spiro atoms. The fourth-order valence-corrected chi connectivity index (χ4v) is 4.27. The van der Waals surface area contributed by atoms with E-state index in [1.807, 2.05) is 6.20 Å². The molecule has 174 valence electrons. The lowest BCUT2D eigenvalue weighted by atomic mass is 10.1. The first-order valence-corrected chi connectivity index (χ1v) is 11.1. The summed E-state index contributed by atoms with van der Waals surface area (Å²) in [7, 11) is 1.49. The first-order valence-electron chi connectivity index (χ1n) is 10.7. The fraction of sp³-hybridized carbons (Fsp3) is 0.217. The molecule has 3 heterocycles. The molecular weight excluding hydrogens is 458 g/mol. The van der Waals surface area contributed by atoms with Crippen LogP contribution in [0.4, 0.5) is 23.0 Å². The van der Waals surface area contributed by atoms with Crippen LogP contribution in [0.25, 0.3) is 22.2 Å². The van der Waals surface area contributed by atoms with Crippen molar-refractivity contribution in [1.82, 2.24) is 20.3 Å². The highest BCUT2D eigenvalue weighted by Crippen LogP contribution is 2.36. The molecule has 0 aliphatic carbocycles. The Balaban J connectivity index is 1.49. The molecule has 1 saturated heterocycles. The maximum Gasteiger partial charge on any atom is 0.271 e. The van der Waals surface area contributed by atoms with Crippen molar-refractivity contribution in [3.8, 4) is 17.0 Å². The quantitative estimate of drug-likeness (QED) is 0.275. The van der Waals surface area contributed by atoms with Crippen molar-refractivity contribution < 1.29 is 9.66 Å². The molecule has 5 rings (SSSR count). The van der Waals surface area contributed by atoms with Crippen LogP contribution in [0.15, 0.2) is 48.8 Å². The maximum absolute atomic E-state index is 11.2. The minimum absolute atomic E-state index is 0.0746. The van der Waals surface area contributed by atoms with Gasteiger partial charge >= 0.3 is 0 Å². The van der Waals surface area contributed by atoms with Crippen LogP contribution in [0.2, 0.25) is 5.02 Å².